The smallest absolute Gasteiger partial charge is 0.147 e. The summed E-state index contributed by atoms with van der Waals surface area (Å²) in [4.78, 5) is 2.31. The molecule has 21 heavy (non-hydrogen) atoms. The van der Waals surface area contributed by atoms with Gasteiger partial charge in [-0.15, -0.1) is 0 Å². The lowest BCUT2D eigenvalue weighted by Crippen LogP contribution is -2.35. The van der Waals surface area contributed by atoms with Gasteiger partial charge in [-0.25, -0.2) is 0 Å². The predicted molar refractivity (Wildman–Crippen MR) is 88.7 cm³/mol. The quantitative estimate of drug-likeness (QED) is 0.891. The van der Waals surface area contributed by atoms with Gasteiger partial charge in [0.05, 0.1) is 12.2 Å². The van der Waals surface area contributed by atoms with E-state index in [1.807, 2.05) is 18.2 Å². The van der Waals surface area contributed by atoms with Gasteiger partial charge in [-0.05, 0) is 29.9 Å². The summed E-state index contributed by atoms with van der Waals surface area (Å²) in [6.07, 6.45) is 4.90. The molecular formula is C16H21N3OS. The minimum absolute atomic E-state index is 0.155. The zero-order chi connectivity index (χ0) is 14.7. The van der Waals surface area contributed by atoms with Crippen molar-refractivity contribution in [1.82, 2.24) is 4.37 Å². The average molecular weight is 303 g/mol. The minimum atomic E-state index is 0.155. The summed E-state index contributed by atoms with van der Waals surface area (Å²) in [7, 11) is 0. The Morgan fingerprint density at radius 2 is 1.95 bits per heavy atom. The van der Waals surface area contributed by atoms with Gasteiger partial charge in [0.15, 0.2) is 0 Å². The Labute approximate surface area is 129 Å². The first-order chi connectivity index (χ1) is 10.3. The first-order valence-corrected chi connectivity index (χ1v) is 8.26. The molecule has 112 valence electrons. The van der Waals surface area contributed by atoms with Crippen LogP contribution in [0.2, 0.25) is 0 Å². The van der Waals surface area contributed by atoms with E-state index in [0.29, 0.717) is 18.4 Å². The Hall–Kier alpha value is -1.59. The Kier molecular flexibility index (Phi) is 4.41. The van der Waals surface area contributed by atoms with E-state index in [0.717, 1.165) is 16.1 Å². The molecule has 0 amide bonds. The van der Waals surface area contributed by atoms with Crippen LogP contribution in [0.5, 0.6) is 0 Å². The molecule has 5 heteroatoms. The molecule has 3 rings (SSSR count). The van der Waals surface area contributed by atoms with Crippen LogP contribution in [0, 0.1) is 0 Å². The molecule has 1 aromatic carbocycles. The van der Waals surface area contributed by atoms with Crippen molar-refractivity contribution < 1.29 is 5.11 Å². The highest BCUT2D eigenvalue weighted by Crippen LogP contribution is 2.41. The van der Waals surface area contributed by atoms with Crippen molar-refractivity contribution in [3.8, 4) is 11.1 Å². The number of nitrogen functional groups attached to an aromatic ring is 1. The number of aliphatic hydroxyl groups excluding tert-OH is 1. The Morgan fingerprint density at radius 3 is 2.62 bits per heavy atom. The third-order valence-corrected chi connectivity index (χ3v) is 5.03. The number of rotatable bonds is 5. The van der Waals surface area contributed by atoms with Gasteiger partial charge in [-0.1, -0.05) is 43.2 Å². The summed E-state index contributed by atoms with van der Waals surface area (Å²) in [5, 5.41) is 10.5. The molecule has 0 unspecified atom stereocenters. The van der Waals surface area contributed by atoms with E-state index in [4.69, 9.17) is 5.73 Å². The van der Waals surface area contributed by atoms with Crippen molar-refractivity contribution >= 4 is 22.4 Å². The number of hydrogen-bond acceptors (Lipinski definition) is 5. The Bertz CT molecular complexity index is 578. The standard InChI is InChI=1S/C16H21N3OS/c17-15-14(12-6-2-1-3-7-12)16(21-18-15)19(10-11-20)13-8-4-5-9-13/h1-3,6-7,13,20H,4-5,8-11H2,(H2,17,18). The number of anilines is 2. The minimum Gasteiger partial charge on any atom is -0.395 e. The van der Waals surface area contributed by atoms with Gasteiger partial charge in [-0.2, -0.15) is 4.37 Å². The lowest BCUT2D eigenvalue weighted by atomic mass is 10.1. The van der Waals surface area contributed by atoms with E-state index < -0.39 is 0 Å². The van der Waals surface area contributed by atoms with Crippen molar-refractivity contribution in [3.05, 3.63) is 30.3 Å². The maximum atomic E-state index is 9.44. The summed E-state index contributed by atoms with van der Waals surface area (Å²) in [5.74, 6) is 0.585. The maximum absolute atomic E-state index is 9.44. The highest BCUT2D eigenvalue weighted by atomic mass is 32.1. The molecule has 0 spiro atoms. The summed E-state index contributed by atoms with van der Waals surface area (Å²) in [6, 6.07) is 10.7. The predicted octanol–water partition coefficient (Wildman–Crippen LogP) is 3.13. The number of hydrogen-bond donors (Lipinski definition) is 2. The average Bonchev–Trinajstić information content (AvgIpc) is 3.15. The Balaban J connectivity index is 2.00. The number of aromatic nitrogens is 1. The summed E-state index contributed by atoms with van der Waals surface area (Å²) in [5.41, 5.74) is 8.23. The zero-order valence-corrected chi connectivity index (χ0v) is 12.9. The molecule has 2 aromatic rings. The van der Waals surface area contributed by atoms with Crippen LogP contribution in [0.1, 0.15) is 25.7 Å². The molecule has 0 radical (unpaired) electrons. The number of aliphatic hydroxyl groups is 1. The van der Waals surface area contributed by atoms with Crippen LogP contribution >= 0.6 is 11.5 Å². The monoisotopic (exact) mass is 303 g/mol. The zero-order valence-electron chi connectivity index (χ0n) is 12.0. The number of nitrogens with two attached hydrogens (primary N) is 1. The van der Waals surface area contributed by atoms with Gasteiger partial charge < -0.3 is 15.7 Å². The number of benzene rings is 1. The molecular weight excluding hydrogens is 282 g/mol. The second-order valence-electron chi connectivity index (χ2n) is 5.47. The molecule has 0 aliphatic heterocycles. The van der Waals surface area contributed by atoms with Gasteiger partial charge in [0, 0.05) is 12.6 Å². The van der Waals surface area contributed by atoms with Crippen molar-refractivity contribution in [3.63, 3.8) is 0 Å². The van der Waals surface area contributed by atoms with Gasteiger partial charge in [0.2, 0.25) is 0 Å². The van der Waals surface area contributed by atoms with E-state index in [-0.39, 0.29) is 6.61 Å². The van der Waals surface area contributed by atoms with Crippen molar-refractivity contribution in [2.75, 3.05) is 23.8 Å². The molecule has 1 fully saturated rings. The summed E-state index contributed by atoms with van der Waals surface area (Å²) in [6.45, 7) is 0.800. The fourth-order valence-corrected chi connectivity index (χ4v) is 4.07. The first-order valence-electron chi connectivity index (χ1n) is 7.49. The molecule has 1 aliphatic carbocycles. The summed E-state index contributed by atoms with van der Waals surface area (Å²) >= 11 is 1.45. The topological polar surface area (TPSA) is 62.4 Å². The van der Waals surface area contributed by atoms with Gasteiger partial charge in [0.25, 0.3) is 0 Å². The highest BCUT2D eigenvalue weighted by molar-refractivity contribution is 7.11. The van der Waals surface area contributed by atoms with Crippen LogP contribution in [0.25, 0.3) is 11.1 Å². The highest BCUT2D eigenvalue weighted by Gasteiger charge is 2.27. The third kappa shape index (κ3) is 2.89. The van der Waals surface area contributed by atoms with E-state index in [1.54, 1.807) is 0 Å². The SMILES string of the molecule is Nc1nsc(N(CCO)C2CCCC2)c1-c1ccccc1. The van der Waals surface area contributed by atoms with Crippen molar-refractivity contribution in [1.29, 1.82) is 0 Å². The molecule has 0 atom stereocenters. The second kappa shape index (κ2) is 6.45. The van der Waals surface area contributed by atoms with Crippen LogP contribution in [0.4, 0.5) is 10.8 Å². The molecule has 1 aromatic heterocycles. The molecule has 1 saturated carbocycles. The first kappa shape index (κ1) is 14.4. The van der Waals surface area contributed by atoms with Gasteiger partial charge in [0.1, 0.15) is 10.8 Å². The van der Waals surface area contributed by atoms with Crippen LogP contribution in [-0.4, -0.2) is 28.7 Å². The fourth-order valence-electron chi connectivity index (χ4n) is 3.14. The molecule has 3 N–H and O–H groups in total. The van der Waals surface area contributed by atoms with E-state index in [2.05, 4.69) is 21.4 Å². The van der Waals surface area contributed by atoms with Gasteiger partial charge >= 0.3 is 0 Å². The molecule has 0 bridgehead atoms. The second-order valence-corrected chi connectivity index (χ2v) is 6.22. The lowest BCUT2D eigenvalue weighted by molar-refractivity contribution is 0.297. The Morgan fingerprint density at radius 1 is 1.24 bits per heavy atom. The molecule has 0 saturated heterocycles. The normalized spacial score (nSPS) is 15.5. The van der Waals surface area contributed by atoms with Crippen LogP contribution < -0.4 is 10.6 Å². The lowest BCUT2D eigenvalue weighted by Gasteiger charge is -2.29. The molecule has 4 nitrogen and oxygen atoms in total. The van der Waals surface area contributed by atoms with Gasteiger partial charge in [-0.3, -0.25) is 0 Å². The van der Waals surface area contributed by atoms with E-state index in [1.165, 1.54) is 37.2 Å². The van der Waals surface area contributed by atoms with Crippen LogP contribution in [0.3, 0.4) is 0 Å². The van der Waals surface area contributed by atoms with Crippen molar-refractivity contribution in [2.45, 2.75) is 31.7 Å². The van der Waals surface area contributed by atoms with E-state index in [9.17, 15) is 5.11 Å². The molecule has 1 heterocycles. The van der Waals surface area contributed by atoms with Crippen LogP contribution in [-0.2, 0) is 0 Å². The number of nitrogens with zero attached hydrogens (tertiary/aromatic N) is 2. The largest absolute Gasteiger partial charge is 0.395 e. The third-order valence-electron chi connectivity index (χ3n) is 4.13. The fraction of sp³-hybridized carbons (Fsp3) is 0.438. The summed E-state index contributed by atoms with van der Waals surface area (Å²) < 4.78 is 4.36. The maximum Gasteiger partial charge on any atom is 0.147 e. The van der Waals surface area contributed by atoms with E-state index >= 15 is 0 Å². The van der Waals surface area contributed by atoms with Crippen molar-refractivity contribution in [2.24, 2.45) is 0 Å². The molecule has 1 aliphatic rings. The van der Waals surface area contributed by atoms with Crippen LogP contribution in [0.15, 0.2) is 30.3 Å².